The van der Waals surface area contributed by atoms with Crippen LogP contribution in [0.5, 0.6) is 0 Å². The van der Waals surface area contributed by atoms with Gasteiger partial charge in [-0.1, -0.05) is 55.0 Å². The summed E-state index contributed by atoms with van der Waals surface area (Å²) in [5.74, 6) is 0.150. The summed E-state index contributed by atoms with van der Waals surface area (Å²) < 4.78 is 1.70. The normalized spacial score (nSPS) is 15.7. The number of carbonyl (C=O) groups is 1. The van der Waals surface area contributed by atoms with Gasteiger partial charge in [0.25, 0.3) is 5.56 Å². The lowest BCUT2D eigenvalue weighted by molar-refractivity contribution is -0.120. The highest BCUT2D eigenvalue weighted by atomic mass is 16.2. The number of carbonyl (C=O) groups excluding carboxylic acids is 1. The lowest BCUT2D eigenvalue weighted by atomic mass is 9.96. The van der Waals surface area contributed by atoms with Crippen molar-refractivity contribution < 1.29 is 4.79 Å². The molecular weight excluding hydrogens is 450 g/mol. The molecular formula is C29H31N5O2. The van der Waals surface area contributed by atoms with Crippen LogP contribution in [0.25, 0.3) is 11.2 Å². The molecule has 0 radical (unpaired) electrons. The molecule has 7 nitrogen and oxygen atoms in total. The van der Waals surface area contributed by atoms with Crippen molar-refractivity contribution in [3.8, 4) is 0 Å². The van der Waals surface area contributed by atoms with Crippen LogP contribution in [-0.2, 0) is 17.8 Å². The Kier molecular flexibility index (Phi) is 6.80. The second kappa shape index (κ2) is 10.3. The van der Waals surface area contributed by atoms with Gasteiger partial charge >= 0.3 is 0 Å². The van der Waals surface area contributed by atoms with Crippen LogP contribution < -0.4 is 15.8 Å². The minimum Gasteiger partial charge on any atom is -0.351 e. The van der Waals surface area contributed by atoms with Crippen LogP contribution in [0, 0.1) is 12.8 Å². The van der Waals surface area contributed by atoms with Crippen molar-refractivity contribution in [1.29, 1.82) is 0 Å². The number of pyridine rings is 1. The van der Waals surface area contributed by atoms with E-state index in [2.05, 4.69) is 17.2 Å². The molecule has 4 aromatic rings. The van der Waals surface area contributed by atoms with Crippen molar-refractivity contribution in [2.45, 2.75) is 39.7 Å². The average Bonchev–Trinajstić information content (AvgIpc) is 2.91. The Bertz CT molecular complexity index is 1440. The van der Waals surface area contributed by atoms with Crippen LogP contribution in [0.2, 0.25) is 0 Å². The molecule has 1 saturated heterocycles. The fourth-order valence-electron chi connectivity index (χ4n) is 4.86. The summed E-state index contributed by atoms with van der Waals surface area (Å²) in [7, 11) is 0. The van der Waals surface area contributed by atoms with Gasteiger partial charge in [0.1, 0.15) is 5.52 Å². The molecule has 2 aromatic heterocycles. The molecule has 3 heterocycles. The van der Waals surface area contributed by atoms with Gasteiger partial charge in [-0.2, -0.15) is 0 Å². The van der Waals surface area contributed by atoms with Crippen LogP contribution >= 0.6 is 0 Å². The van der Waals surface area contributed by atoms with E-state index >= 15 is 0 Å². The van der Waals surface area contributed by atoms with Gasteiger partial charge < -0.3 is 10.2 Å². The van der Waals surface area contributed by atoms with Gasteiger partial charge in [-0.05, 0) is 55.5 Å². The van der Waals surface area contributed by atoms with Gasteiger partial charge in [-0.3, -0.25) is 14.2 Å². The highest BCUT2D eigenvalue weighted by molar-refractivity contribution is 5.93. The molecule has 0 bridgehead atoms. The summed E-state index contributed by atoms with van der Waals surface area (Å²) in [6.07, 6.45) is 4.13. The van der Waals surface area contributed by atoms with E-state index in [4.69, 9.17) is 4.98 Å². The van der Waals surface area contributed by atoms with E-state index in [0.717, 1.165) is 36.1 Å². The van der Waals surface area contributed by atoms with Gasteiger partial charge in [0.2, 0.25) is 5.91 Å². The zero-order chi connectivity index (χ0) is 25.1. The second-order valence-electron chi connectivity index (χ2n) is 9.44. The number of piperidine rings is 1. The van der Waals surface area contributed by atoms with E-state index in [0.29, 0.717) is 36.6 Å². The average molecular weight is 482 g/mol. The topological polar surface area (TPSA) is 80.1 Å². The Balaban J connectivity index is 1.44. The van der Waals surface area contributed by atoms with Crippen LogP contribution in [0.15, 0.2) is 71.7 Å². The molecule has 36 heavy (non-hydrogen) atoms. The first kappa shape index (κ1) is 23.7. The maximum absolute atomic E-state index is 13.7. The van der Waals surface area contributed by atoms with Crippen molar-refractivity contribution in [3.05, 3.63) is 93.9 Å². The number of amides is 1. The molecule has 1 fully saturated rings. The molecule has 0 spiro atoms. The number of benzene rings is 2. The maximum Gasteiger partial charge on any atom is 0.295 e. The zero-order valence-corrected chi connectivity index (χ0v) is 20.8. The molecule has 0 saturated carbocycles. The summed E-state index contributed by atoms with van der Waals surface area (Å²) in [5.41, 5.74) is 5.22. The Labute approximate surface area is 210 Å². The van der Waals surface area contributed by atoms with Gasteiger partial charge in [0, 0.05) is 25.0 Å². The zero-order valence-electron chi connectivity index (χ0n) is 20.8. The monoisotopic (exact) mass is 481 g/mol. The van der Waals surface area contributed by atoms with Crippen LogP contribution in [0.4, 0.5) is 11.5 Å². The number of nitrogens with one attached hydrogen (secondary N) is 1. The fourth-order valence-corrected chi connectivity index (χ4v) is 4.86. The second-order valence-corrected chi connectivity index (χ2v) is 9.44. The minimum absolute atomic E-state index is 0.0111. The smallest absolute Gasteiger partial charge is 0.295 e. The Morgan fingerprint density at radius 2 is 1.89 bits per heavy atom. The molecule has 1 aliphatic heterocycles. The lowest BCUT2D eigenvalue weighted by Crippen LogP contribution is -2.44. The molecule has 7 heteroatoms. The molecule has 0 aliphatic carbocycles. The number of para-hydroxylation sites is 1. The third-order valence-electron chi connectivity index (χ3n) is 6.89. The number of anilines is 2. The van der Waals surface area contributed by atoms with Crippen molar-refractivity contribution in [2.75, 3.05) is 23.3 Å². The summed E-state index contributed by atoms with van der Waals surface area (Å²) in [6, 6.07) is 19.8. The summed E-state index contributed by atoms with van der Waals surface area (Å²) >= 11 is 0. The number of hydrogen-bond donors (Lipinski definition) is 1. The Hall–Kier alpha value is -4.00. The van der Waals surface area contributed by atoms with Crippen molar-refractivity contribution in [2.24, 2.45) is 5.92 Å². The molecule has 184 valence electrons. The van der Waals surface area contributed by atoms with Gasteiger partial charge in [0.15, 0.2) is 11.5 Å². The molecule has 1 unspecified atom stereocenters. The predicted octanol–water partition coefficient (Wildman–Crippen LogP) is 4.57. The molecule has 1 amide bonds. The highest BCUT2D eigenvalue weighted by Crippen LogP contribution is 2.24. The quantitative estimate of drug-likeness (QED) is 0.437. The first-order valence-corrected chi connectivity index (χ1v) is 12.6. The first-order valence-electron chi connectivity index (χ1n) is 12.6. The van der Waals surface area contributed by atoms with E-state index in [1.807, 2.05) is 72.5 Å². The third-order valence-corrected chi connectivity index (χ3v) is 6.89. The maximum atomic E-state index is 13.7. The summed E-state index contributed by atoms with van der Waals surface area (Å²) in [5, 5.41) is 3.12. The molecule has 1 aliphatic rings. The lowest BCUT2D eigenvalue weighted by Gasteiger charge is -2.33. The number of aryl methyl sites for hydroxylation is 2. The van der Waals surface area contributed by atoms with E-state index in [1.165, 1.54) is 5.56 Å². The number of fused-ring (bicyclic) bond motifs is 1. The SMILES string of the molecule is CCc1ccccc1NC(=O)C1CCCN(c2nc3cccnc3n(Cc3ccc(C)cc3)c2=O)C1. The van der Waals surface area contributed by atoms with Crippen LogP contribution in [0.3, 0.4) is 0 Å². The van der Waals surface area contributed by atoms with Gasteiger partial charge in [-0.15, -0.1) is 0 Å². The standard InChI is InChI=1S/C29H31N5O2/c1-3-22-8-4-5-10-24(22)32-28(35)23-9-7-17-33(19-23)27-29(36)34(18-21-14-12-20(2)13-15-21)26-25(31-27)11-6-16-30-26/h4-6,8,10-16,23H,3,7,9,17-19H2,1-2H3,(H,32,35). The number of nitrogens with zero attached hydrogens (tertiary/aromatic N) is 4. The van der Waals surface area contributed by atoms with Crippen molar-refractivity contribution >= 4 is 28.6 Å². The van der Waals surface area contributed by atoms with Crippen molar-refractivity contribution in [3.63, 3.8) is 0 Å². The summed E-state index contributed by atoms with van der Waals surface area (Å²) in [6.45, 7) is 5.68. The first-order chi connectivity index (χ1) is 17.5. The Morgan fingerprint density at radius 1 is 1.08 bits per heavy atom. The molecule has 1 N–H and O–H groups in total. The molecule has 5 rings (SSSR count). The number of aromatic nitrogens is 3. The van der Waals surface area contributed by atoms with E-state index < -0.39 is 0 Å². The van der Waals surface area contributed by atoms with E-state index in [9.17, 15) is 9.59 Å². The number of hydrogen-bond acceptors (Lipinski definition) is 5. The number of rotatable bonds is 6. The Morgan fingerprint density at radius 3 is 2.69 bits per heavy atom. The molecule has 1 atom stereocenters. The largest absolute Gasteiger partial charge is 0.351 e. The highest BCUT2D eigenvalue weighted by Gasteiger charge is 2.29. The van der Waals surface area contributed by atoms with Crippen LogP contribution in [-0.4, -0.2) is 33.5 Å². The van der Waals surface area contributed by atoms with E-state index in [1.54, 1.807) is 10.8 Å². The predicted molar refractivity (Wildman–Crippen MR) is 143 cm³/mol. The summed E-state index contributed by atoms with van der Waals surface area (Å²) in [4.78, 5) is 38.1. The van der Waals surface area contributed by atoms with Gasteiger partial charge in [0.05, 0.1) is 12.5 Å². The van der Waals surface area contributed by atoms with Gasteiger partial charge in [-0.25, -0.2) is 9.97 Å². The van der Waals surface area contributed by atoms with Crippen LogP contribution in [0.1, 0.15) is 36.5 Å². The molecule has 2 aromatic carbocycles. The van der Waals surface area contributed by atoms with Crippen molar-refractivity contribution in [1.82, 2.24) is 14.5 Å². The minimum atomic E-state index is -0.222. The van der Waals surface area contributed by atoms with E-state index in [-0.39, 0.29) is 17.4 Å². The third kappa shape index (κ3) is 4.87. The fraction of sp³-hybridized carbons (Fsp3) is 0.310.